The molecule has 0 N–H and O–H groups in total. The molecule has 0 fully saturated rings. The first kappa shape index (κ1) is 22.9. The molecular formula is C20H30CaO3S. The summed E-state index contributed by atoms with van der Waals surface area (Å²) >= 11 is 0. The van der Waals surface area contributed by atoms with Gasteiger partial charge in [-0.15, -0.1) is 0 Å². The number of benzene rings is 2. The second-order valence-electron chi connectivity index (χ2n) is 6.23. The Morgan fingerprint density at radius 2 is 1.44 bits per heavy atom. The van der Waals surface area contributed by atoms with E-state index in [2.05, 4.69) is 6.92 Å². The molecule has 5 heteroatoms. The first-order chi connectivity index (χ1) is 11.6. The summed E-state index contributed by atoms with van der Waals surface area (Å²) in [5.41, 5.74) is 0. The fraction of sp³-hybridized carbons (Fsp3) is 0.500. The molecule has 0 saturated heterocycles. The van der Waals surface area contributed by atoms with Gasteiger partial charge in [-0.3, -0.25) is 4.18 Å². The molecule has 0 saturated carbocycles. The monoisotopic (exact) mass is 390 g/mol. The first-order valence-corrected chi connectivity index (χ1v) is 10.4. The van der Waals surface area contributed by atoms with Gasteiger partial charge >= 0.3 is 37.7 Å². The van der Waals surface area contributed by atoms with Crippen LogP contribution in [-0.4, -0.2) is 52.8 Å². The van der Waals surface area contributed by atoms with Crippen LogP contribution in [0.1, 0.15) is 61.1 Å². The molecule has 0 aliphatic carbocycles. The van der Waals surface area contributed by atoms with Gasteiger partial charge in [-0.1, -0.05) is 88.3 Å². The summed E-state index contributed by atoms with van der Waals surface area (Å²) in [6, 6.07) is 12.8. The maximum Gasteiger partial charge on any atom is 2.00 e. The van der Waals surface area contributed by atoms with E-state index in [1.54, 1.807) is 12.1 Å². The second kappa shape index (κ2) is 12.3. The quantitative estimate of drug-likeness (QED) is 0.288. The van der Waals surface area contributed by atoms with Crippen LogP contribution in [0.3, 0.4) is 0 Å². The van der Waals surface area contributed by atoms with E-state index < -0.39 is 10.1 Å². The van der Waals surface area contributed by atoms with Gasteiger partial charge in [-0.2, -0.15) is 8.42 Å². The normalized spacial score (nSPS) is 11.4. The first-order valence-electron chi connectivity index (χ1n) is 9.02. The molecule has 0 aromatic heterocycles. The van der Waals surface area contributed by atoms with E-state index in [-0.39, 0.29) is 52.1 Å². The number of hydrogen-bond donors (Lipinski definition) is 0. The van der Waals surface area contributed by atoms with E-state index in [0.29, 0.717) is 0 Å². The van der Waals surface area contributed by atoms with Crippen LogP contribution in [0.4, 0.5) is 0 Å². The Labute approximate surface area is 185 Å². The van der Waals surface area contributed by atoms with Gasteiger partial charge < -0.3 is 2.85 Å². The topological polar surface area (TPSA) is 43.4 Å². The van der Waals surface area contributed by atoms with Crippen molar-refractivity contribution in [1.82, 2.24) is 0 Å². The summed E-state index contributed by atoms with van der Waals surface area (Å²) in [4.78, 5) is 0.264. The third-order valence-corrected chi connectivity index (χ3v) is 5.63. The van der Waals surface area contributed by atoms with E-state index in [1.807, 2.05) is 30.3 Å². The summed E-state index contributed by atoms with van der Waals surface area (Å²) in [6.45, 7) is 2.48. The Morgan fingerprint density at radius 3 is 2.16 bits per heavy atom. The number of unbranched alkanes of at least 4 members (excludes halogenated alkanes) is 7. The second-order valence-corrected chi connectivity index (χ2v) is 7.81. The summed E-state index contributed by atoms with van der Waals surface area (Å²) in [5, 5.41) is 1.63. The molecule has 2 rings (SSSR count). The number of fused-ring (bicyclic) bond motifs is 1. The Bertz CT molecular complexity index is 734. The van der Waals surface area contributed by atoms with Gasteiger partial charge in [0.15, 0.2) is 0 Å². The van der Waals surface area contributed by atoms with Crippen molar-refractivity contribution in [1.29, 1.82) is 0 Å². The van der Waals surface area contributed by atoms with Gasteiger partial charge in [0.05, 0.1) is 6.61 Å². The molecule has 0 bridgehead atoms. The van der Waals surface area contributed by atoms with Crippen molar-refractivity contribution in [3.05, 3.63) is 42.5 Å². The maximum absolute atomic E-state index is 12.4. The summed E-state index contributed by atoms with van der Waals surface area (Å²) in [5.74, 6) is 0. The van der Waals surface area contributed by atoms with Gasteiger partial charge in [0, 0.05) is 5.39 Å². The molecule has 0 heterocycles. The van der Waals surface area contributed by atoms with Crippen LogP contribution in [0, 0.1) is 0 Å². The molecule has 3 nitrogen and oxygen atoms in total. The van der Waals surface area contributed by atoms with Crippen molar-refractivity contribution in [2.75, 3.05) is 6.61 Å². The Hall–Kier alpha value is -0.130. The van der Waals surface area contributed by atoms with Crippen molar-refractivity contribution < 1.29 is 15.5 Å². The predicted octanol–water partition coefficient (Wildman–Crippen LogP) is 5.53. The molecule has 25 heavy (non-hydrogen) atoms. The van der Waals surface area contributed by atoms with Gasteiger partial charge in [0.25, 0.3) is 10.1 Å². The molecule has 136 valence electrons. The third-order valence-electron chi connectivity index (χ3n) is 4.26. The van der Waals surface area contributed by atoms with E-state index >= 15 is 0 Å². The largest absolute Gasteiger partial charge is 2.00 e. The van der Waals surface area contributed by atoms with Gasteiger partial charge in [-0.25, -0.2) is 0 Å². The van der Waals surface area contributed by atoms with Crippen LogP contribution in [-0.2, 0) is 14.3 Å². The summed E-state index contributed by atoms with van der Waals surface area (Å²) in [6.07, 6.45) is 9.37. The molecule has 0 unspecified atom stereocenters. The van der Waals surface area contributed by atoms with E-state index in [1.165, 1.54) is 32.1 Å². The standard InChI is InChI=1S/C20H28O3S.Ca.2H/c1-2-3-4-5-6-7-8-11-17-23-24(21,22)20-16-12-14-18-13-9-10-15-19(18)20;;;/h9-10,12-16H,2-8,11,17H2,1H3;;;/q;+2;2*-1. The van der Waals surface area contributed by atoms with Crippen molar-refractivity contribution >= 4 is 58.6 Å². The fourth-order valence-corrected chi connectivity index (χ4v) is 4.05. The average molecular weight is 391 g/mol. The Kier molecular flexibility index (Phi) is 11.3. The van der Waals surface area contributed by atoms with Gasteiger partial charge in [-0.05, 0) is 17.9 Å². The minimum absolute atomic E-state index is 0. The third kappa shape index (κ3) is 7.56. The molecule has 0 aliphatic heterocycles. The molecular weight excluding hydrogens is 360 g/mol. The van der Waals surface area contributed by atoms with Crippen LogP contribution in [0.2, 0.25) is 0 Å². The molecule has 0 aliphatic rings. The Morgan fingerprint density at radius 1 is 0.840 bits per heavy atom. The average Bonchev–Trinajstić information content (AvgIpc) is 2.59. The van der Waals surface area contributed by atoms with Crippen LogP contribution in [0.25, 0.3) is 10.8 Å². The van der Waals surface area contributed by atoms with Crippen LogP contribution < -0.4 is 0 Å². The smallest absolute Gasteiger partial charge is 1.00 e. The van der Waals surface area contributed by atoms with Gasteiger partial charge in [0.1, 0.15) is 4.90 Å². The van der Waals surface area contributed by atoms with Crippen LogP contribution in [0.15, 0.2) is 47.4 Å². The van der Waals surface area contributed by atoms with E-state index in [9.17, 15) is 8.42 Å². The zero-order valence-electron chi connectivity index (χ0n) is 17.2. The SMILES string of the molecule is CCCCCCCCCCOS(=O)(=O)c1cccc2ccccc12.[Ca+2].[H-].[H-]. The molecule has 0 amide bonds. The van der Waals surface area contributed by atoms with Crippen LogP contribution >= 0.6 is 0 Å². The molecule has 0 spiro atoms. The van der Waals surface area contributed by atoms with Gasteiger partial charge in [0.2, 0.25) is 0 Å². The maximum atomic E-state index is 12.4. The van der Waals surface area contributed by atoms with Crippen molar-refractivity contribution in [2.24, 2.45) is 0 Å². The zero-order valence-corrected chi connectivity index (χ0v) is 18.3. The van der Waals surface area contributed by atoms with Crippen LogP contribution in [0.5, 0.6) is 0 Å². The van der Waals surface area contributed by atoms with E-state index in [0.717, 1.165) is 30.0 Å². The predicted molar refractivity (Wildman–Crippen MR) is 108 cm³/mol. The van der Waals surface area contributed by atoms with Crippen molar-refractivity contribution in [3.63, 3.8) is 0 Å². The summed E-state index contributed by atoms with van der Waals surface area (Å²) in [7, 11) is -3.69. The summed E-state index contributed by atoms with van der Waals surface area (Å²) < 4.78 is 30.1. The zero-order chi connectivity index (χ0) is 17.3. The fourth-order valence-electron chi connectivity index (χ4n) is 2.88. The minimum atomic E-state index is -3.69. The number of hydrogen-bond acceptors (Lipinski definition) is 3. The minimum Gasteiger partial charge on any atom is -1.00 e. The Balaban J connectivity index is 0. The van der Waals surface area contributed by atoms with Crippen molar-refractivity contribution in [3.8, 4) is 0 Å². The molecule has 0 atom stereocenters. The molecule has 0 radical (unpaired) electrons. The number of rotatable bonds is 11. The van der Waals surface area contributed by atoms with Crippen molar-refractivity contribution in [2.45, 2.75) is 63.2 Å². The molecule has 2 aromatic carbocycles. The van der Waals surface area contributed by atoms with E-state index in [4.69, 9.17) is 4.18 Å². The molecule has 2 aromatic rings.